The summed E-state index contributed by atoms with van der Waals surface area (Å²) in [5.41, 5.74) is 1.23. The van der Waals surface area contributed by atoms with Crippen LogP contribution in [-0.2, 0) is 4.79 Å². The van der Waals surface area contributed by atoms with Crippen LogP contribution >= 0.6 is 0 Å². The van der Waals surface area contributed by atoms with Crippen LogP contribution in [-0.4, -0.2) is 41.9 Å². The normalized spacial score (nSPS) is 17.7. The molecule has 0 spiro atoms. The zero-order chi connectivity index (χ0) is 15.7. The molecule has 1 heterocycles. The Morgan fingerprint density at radius 3 is 2.36 bits per heavy atom. The number of hydrogen-bond acceptors (Lipinski definition) is 2. The predicted octanol–water partition coefficient (Wildman–Crippen LogP) is 3.20. The van der Waals surface area contributed by atoms with Crippen molar-refractivity contribution in [3.05, 3.63) is 47.8 Å². The number of hydrogen-bond donors (Lipinski definition) is 0. The zero-order valence-electron chi connectivity index (χ0n) is 13.1. The minimum Gasteiger partial charge on any atom is -0.340 e. The minimum absolute atomic E-state index is 0.153. The first kappa shape index (κ1) is 15.0. The maximum absolute atomic E-state index is 13.2. The van der Waals surface area contributed by atoms with Gasteiger partial charge < -0.3 is 4.90 Å². The van der Waals surface area contributed by atoms with E-state index in [0.717, 1.165) is 37.0 Å². The third-order valence-electron chi connectivity index (χ3n) is 4.62. The van der Waals surface area contributed by atoms with Crippen molar-refractivity contribution in [2.75, 3.05) is 26.2 Å². The number of benzene rings is 2. The molecule has 0 saturated carbocycles. The van der Waals surface area contributed by atoms with Gasteiger partial charge in [-0.3, -0.25) is 9.69 Å². The van der Waals surface area contributed by atoms with E-state index in [1.807, 2.05) is 17.0 Å². The van der Waals surface area contributed by atoms with Crippen molar-refractivity contribution in [2.24, 2.45) is 0 Å². The Hall–Kier alpha value is -1.94. The second kappa shape index (κ2) is 6.05. The van der Waals surface area contributed by atoms with Gasteiger partial charge in [0, 0.05) is 39.1 Å². The molecule has 4 heteroatoms. The van der Waals surface area contributed by atoms with E-state index < -0.39 is 0 Å². The molecule has 3 nitrogen and oxygen atoms in total. The van der Waals surface area contributed by atoms with Crippen LogP contribution in [0, 0.1) is 5.82 Å². The molecule has 0 bridgehead atoms. The minimum atomic E-state index is -0.200. The summed E-state index contributed by atoms with van der Waals surface area (Å²) in [6.45, 7) is 7.18. The lowest BCUT2D eigenvalue weighted by Crippen LogP contribution is -2.48. The van der Waals surface area contributed by atoms with Crippen LogP contribution in [0.15, 0.2) is 36.4 Å². The second-order valence-corrected chi connectivity index (χ2v) is 5.97. The van der Waals surface area contributed by atoms with Crippen molar-refractivity contribution in [1.29, 1.82) is 0 Å². The van der Waals surface area contributed by atoms with Gasteiger partial charge >= 0.3 is 0 Å². The molecular weight excluding hydrogens is 279 g/mol. The molecule has 1 fully saturated rings. The highest BCUT2D eigenvalue weighted by molar-refractivity contribution is 5.83. The van der Waals surface area contributed by atoms with Crippen molar-refractivity contribution >= 4 is 16.7 Å². The molecule has 1 saturated heterocycles. The van der Waals surface area contributed by atoms with Gasteiger partial charge in [-0.05, 0) is 41.5 Å². The summed E-state index contributed by atoms with van der Waals surface area (Å²) in [7, 11) is 0. The number of fused-ring (bicyclic) bond motifs is 1. The number of rotatable bonds is 2. The summed E-state index contributed by atoms with van der Waals surface area (Å²) in [4.78, 5) is 15.7. The first-order valence-electron chi connectivity index (χ1n) is 7.73. The molecule has 0 aliphatic carbocycles. The SMILES string of the molecule is CC(=O)N1CCN(C(C)c2ccc3cc(F)ccc3c2)CC1. The van der Waals surface area contributed by atoms with Gasteiger partial charge in [0.25, 0.3) is 0 Å². The highest BCUT2D eigenvalue weighted by Gasteiger charge is 2.23. The Balaban J connectivity index is 1.76. The molecule has 0 radical (unpaired) electrons. The Morgan fingerprint density at radius 1 is 1.05 bits per heavy atom. The molecule has 1 amide bonds. The van der Waals surface area contributed by atoms with E-state index in [1.165, 1.54) is 11.6 Å². The summed E-state index contributed by atoms with van der Waals surface area (Å²) >= 11 is 0. The summed E-state index contributed by atoms with van der Waals surface area (Å²) in [6.07, 6.45) is 0. The van der Waals surface area contributed by atoms with E-state index >= 15 is 0 Å². The number of carbonyl (C=O) groups is 1. The highest BCUT2D eigenvalue weighted by Crippen LogP contribution is 2.25. The van der Waals surface area contributed by atoms with Crippen LogP contribution in [0.2, 0.25) is 0 Å². The molecule has 1 aliphatic rings. The maximum Gasteiger partial charge on any atom is 0.219 e. The third-order valence-corrected chi connectivity index (χ3v) is 4.62. The lowest BCUT2D eigenvalue weighted by molar-refractivity contribution is -0.130. The van der Waals surface area contributed by atoms with E-state index in [-0.39, 0.29) is 11.7 Å². The first-order valence-corrected chi connectivity index (χ1v) is 7.73. The van der Waals surface area contributed by atoms with Crippen LogP contribution < -0.4 is 0 Å². The Labute approximate surface area is 130 Å². The molecule has 1 atom stereocenters. The molecular formula is C18H21FN2O. The molecule has 2 aromatic carbocycles. The van der Waals surface area contributed by atoms with E-state index in [4.69, 9.17) is 0 Å². The summed E-state index contributed by atoms with van der Waals surface area (Å²) in [6, 6.07) is 11.4. The topological polar surface area (TPSA) is 23.6 Å². The predicted molar refractivity (Wildman–Crippen MR) is 86.1 cm³/mol. The molecule has 2 aromatic rings. The van der Waals surface area contributed by atoms with Gasteiger partial charge in [-0.2, -0.15) is 0 Å². The highest BCUT2D eigenvalue weighted by atomic mass is 19.1. The van der Waals surface area contributed by atoms with Crippen molar-refractivity contribution in [3.63, 3.8) is 0 Å². The molecule has 3 rings (SSSR count). The lowest BCUT2D eigenvalue weighted by atomic mass is 10.0. The Bertz CT molecular complexity index is 693. The monoisotopic (exact) mass is 300 g/mol. The van der Waals surface area contributed by atoms with Gasteiger partial charge in [0.1, 0.15) is 5.82 Å². The fraction of sp³-hybridized carbons (Fsp3) is 0.389. The smallest absolute Gasteiger partial charge is 0.219 e. The molecule has 1 unspecified atom stereocenters. The summed E-state index contributed by atoms with van der Waals surface area (Å²) < 4.78 is 13.2. The average molecular weight is 300 g/mol. The van der Waals surface area contributed by atoms with E-state index in [1.54, 1.807) is 13.0 Å². The number of piperazine rings is 1. The summed E-state index contributed by atoms with van der Waals surface area (Å²) in [5, 5.41) is 1.99. The Kier molecular flexibility index (Phi) is 4.12. The standard InChI is InChI=1S/C18H21FN2O/c1-13(20-7-9-21(10-8-20)14(2)22)15-3-4-17-12-18(19)6-5-16(17)11-15/h3-6,11-13H,7-10H2,1-2H3. The number of halogens is 1. The van der Waals surface area contributed by atoms with Gasteiger partial charge in [-0.1, -0.05) is 18.2 Å². The average Bonchev–Trinajstić information content (AvgIpc) is 2.53. The van der Waals surface area contributed by atoms with Gasteiger partial charge in [0.2, 0.25) is 5.91 Å². The van der Waals surface area contributed by atoms with E-state index in [9.17, 15) is 9.18 Å². The zero-order valence-corrected chi connectivity index (χ0v) is 13.1. The van der Waals surface area contributed by atoms with Crippen LogP contribution in [0.4, 0.5) is 4.39 Å². The fourth-order valence-corrected chi connectivity index (χ4v) is 3.13. The molecule has 1 aliphatic heterocycles. The molecule has 116 valence electrons. The summed E-state index contributed by atoms with van der Waals surface area (Å²) in [5.74, 6) is -0.0475. The van der Waals surface area contributed by atoms with Gasteiger partial charge in [-0.15, -0.1) is 0 Å². The maximum atomic E-state index is 13.2. The van der Waals surface area contributed by atoms with Gasteiger partial charge in [-0.25, -0.2) is 4.39 Å². The van der Waals surface area contributed by atoms with Crippen molar-refractivity contribution in [2.45, 2.75) is 19.9 Å². The lowest BCUT2D eigenvalue weighted by Gasteiger charge is -2.38. The molecule has 0 aromatic heterocycles. The van der Waals surface area contributed by atoms with Crippen molar-refractivity contribution in [3.8, 4) is 0 Å². The largest absolute Gasteiger partial charge is 0.340 e. The third kappa shape index (κ3) is 2.97. The number of nitrogens with zero attached hydrogens (tertiary/aromatic N) is 2. The Morgan fingerprint density at radius 2 is 1.68 bits per heavy atom. The quantitative estimate of drug-likeness (QED) is 0.850. The fourth-order valence-electron chi connectivity index (χ4n) is 3.13. The van der Waals surface area contributed by atoms with E-state index in [0.29, 0.717) is 6.04 Å². The van der Waals surface area contributed by atoms with Crippen molar-refractivity contribution < 1.29 is 9.18 Å². The second-order valence-electron chi connectivity index (χ2n) is 5.97. The number of carbonyl (C=O) groups excluding carboxylic acids is 1. The van der Waals surface area contributed by atoms with E-state index in [2.05, 4.69) is 24.0 Å². The van der Waals surface area contributed by atoms with Crippen LogP contribution in [0.25, 0.3) is 10.8 Å². The van der Waals surface area contributed by atoms with Crippen LogP contribution in [0.3, 0.4) is 0 Å². The van der Waals surface area contributed by atoms with Crippen LogP contribution in [0.5, 0.6) is 0 Å². The van der Waals surface area contributed by atoms with Gasteiger partial charge in [0.05, 0.1) is 0 Å². The van der Waals surface area contributed by atoms with Gasteiger partial charge in [0.15, 0.2) is 0 Å². The molecule has 22 heavy (non-hydrogen) atoms. The molecule has 0 N–H and O–H groups in total. The number of amides is 1. The first-order chi connectivity index (χ1) is 10.5. The van der Waals surface area contributed by atoms with Crippen molar-refractivity contribution in [1.82, 2.24) is 9.80 Å². The van der Waals surface area contributed by atoms with Crippen LogP contribution in [0.1, 0.15) is 25.5 Å².